The maximum atomic E-state index is 11.6. The summed E-state index contributed by atoms with van der Waals surface area (Å²) in [6.45, 7) is 12.7. The Morgan fingerprint density at radius 2 is 1.47 bits per heavy atom. The van der Waals surface area contributed by atoms with Gasteiger partial charge in [0.1, 0.15) is 5.60 Å². The topological polar surface area (TPSA) is 68.1 Å². The molecule has 2 amide bonds. The lowest BCUT2D eigenvalue weighted by Gasteiger charge is -2.23. The first-order valence-corrected chi connectivity index (χ1v) is 5.62. The standard InChI is InChI=1S/C12H22N2O3/c1-8(11(2,3)4)9(15)13-14-10(16)17-12(5,6)7/h8H,1-7H3. The third-order valence-corrected chi connectivity index (χ3v) is 2.29. The predicted octanol–water partition coefficient (Wildman–Crippen LogP) is 3.58. The molecule has 0 radical (unpaired) electrons. The highest BCUT2D eigenvalue weighted by atomic mass is 16.6. The summed E-state index contributed by atoms with van der Waals surface area (Å²) in [4.78, 5) is 22.8. The van der Waals surface area contributed by atoms with Crippen LogP contribution in [0.15, 0.2) is 10.2 Å². The summed E-state index contributed by atoms with van der Waals surface area (Å²) in [7, 11) is 0. The van der Waals surface area contributed by atoms with Gasteiger partial charge in [-0.15, -0.1) is 5.11 Å². The molecule has 1 atom stereocenters. The van der Waals surface area contributed by atoms with Gasteiger partial charge in [0, 0.05) is 5.92 Å². The molecule has 98 valence electrons. The molecule has 5 heteroatoms. The van der Waals surface area contributed by atoms with Crippen molar-refractivity contribution >= 4 is 12.0 Å². The van der Waals surface area contributed by atoms with Gasteiger partial charge in [0.2, 0.25) is 0 Å². The molecule has 0 heterocycles. The number of carbonyl (C=O) groups is 2. The van der Waals surface area contributed by atoms with Crippen LogP contribution in [0.25, 0.3) is 0 Å². The zero-order valence-electron chi connectivity index (χ0n) is 11.7. The van der Waals surface area contributed by atoms with Crippen molar-refractivity contribution in [1.29, 1.82) is 0 Å². The molecular weight excluding hydrogens is 220 g/mol. The van der Waals surface area contributed by atoms with Crippen molar-refractivity contribution in [3.05, 3.63) is 0 Å². The van der Waals surface area contributed by atoms with Crippen molar-refractivity contribution in [3.8, 4) is 0 Å². The van der Waals surface area contributed by atoms with Crippen LogP contribution in [-0.2, 0) is 9.53 Å². The molecule has 0 aliphatic rings. The molecule has 0 aliphatic heterocycles. The summed E-state index contributed by atoms with van der Waals surface area (Å²) in [5.41, 5.74) is -0.834. The minimum atomic E-state index is -0.841. The highest BCUT2D eigenvalue weighted by Gasteiger charge is 2.27. The molecule has 0 saturated heterocycles. The molecule has 0 fully saturated rings. The predicted molar refractivity (Wildman–Crippen MR) is 64.7 cm³/mol. The van der Waals surface area contributed by atoms with Crippen molar-refractivity contribution < 1.29 is 14.3 Å². The van der Waals surface area contributed by atoms with Crippen LogP contribution in [0.4, 0.5) is 4.79 Å². The zero-order chi connectivity index (χ0) is 13.9. The van der Waals surface area contributed by atoms with Crippen molar-refractivity contribution in [2.24, 2.45) is 21.6 Å². The van der Waals surface area contributed by atoms with Crippen LogP contribution in [0.2, 0.25) is 0 Å². The minimum Gasteiger partial charge on any atom is -0.441 e. The second-order valence-corrected chi connectivity index (χ2v) is 6.11. The summed E-state index contributed by atoms with van der Waals surface area (Å²) in [6.07, 6.45) is -0.841. The molecule has 17 heavy (non-hydrogen) atoms. The molecule has 0 rings (SSSR count). The van der Waals surface area contributed by atoms with Gasteiger partial charge in [0.15, 0.2) is 0 Å². The number of nitrogens with zero attached hydrogens (tertiary/aromatic N) is 2. The van der Waals surface area contributed by atoms with Crippen LogP contribution in [0, 0.1) is 11.3 Å². The van der Waals surface area contributed by atoms with E-state index in [4.69, 9.17) is 4.74 Å². The minimum absolute atomic E-state index is 0.204. The first-order chi connectivity index (χ1) is 7.43. The van der Waals surface area contributed by atoms with Gasteiger partial charge < -0.3 is 4.74 Å². The Kier molecular flexibility index (Phi) is 4.98. The molecule has 0 aromatic heterocycles. The summed E-state index contributed by atoms with van der Waals surface area (Å²) in [6, 6.07) is 0. The molecule has 0 aromatic rings. The molecule has 0 saturated carbocycles. The van der Waals surface area contributed by atoms with E-state index in [2.05, 4.69) is 10.2 Å². The Bertz CT molecular complexity index is 322. The maximum Gasteiger partial charge on any atom is 0.453 e. The Hall–Kier alpha value is -1.26. The van der Waals surface area contributed by atoms with Gasteiger partial charge >= 0.3 is 6.09 Å². The van der Waals surface area contributed by atoms with E-state index < -0.39 is 17.6 Å². The lowest BCUT2D eigenvalue weighted by molar-refractivity contribution is -0.124. The monoisotopic (exact) mass is 242 g/mol. The summed E-state index contributed by atoms with van der Waals surface area (Å²) in [5.74, 6) is -0.711. The van der Waals surface area contributed by atoms with E-state index in [0.717, 1.165) is 0 Å². The van der Waals surface area contributed by atoms with E-state index >= 15 is 0 Å². The van der Waals surface area contributed by atoms with Crippen molar-refractivity contribution in [2.75, 3.05) is 0 Å². The van der Waals surface area contributed by atoms with Crippen molar-refractivity contribution in [2.45, 2.75) is 54.1 Å². The van der Waals surface area contributed by atoms with Gasteiger partial charge in [-0.25, -0.2) is 4.79 Å². The number of rotatable bonds is 1. The lowest BCUT2D eigenvalue weighted by atomic mass is 9.82. The lowest BCUT2D eigenvalue weighted by Crippen LogP contribution is -2.25. The van der Waals surface area contributed by atoms with Gasteiger partial charge in [-0.1, -0.05) is 32.8 Å². The second kappa shape index (κ2) is 5.38. The zero-order valence-corrected chi connectivity index (χ0v) is 11.7. The van der Waals surface area contributed by atoms with Gasteiger partial charge in [-0.05, 0) is 26.2 Å². The molecule has 0 aromatic carbocycles. The number of hydrogen-bond donors (Lipinski definition) is 0. The quantitative estimate of drug-likeness (QED) is 0.660. The first-order valence-electron chi connectivity index (χ1n) is 5.62. The van der Waals surface area contributed by atoms with Crippen LogP contribution in [0.3, 0.4) is 0 Å². The highest BCUT2D eigenvalue weighted by molar-refractivity contribution is 5.81. The summed E-state index contributed by atoms with van der Waals surface area (Å²) in [5, 5.41) is 6.64. The summed E-state index contributed by atoms with van der Waals surface area (Å²) < 4.78 is 4.90. The Labute approximate surface area is 103 Å². The van der Waals surface area contributed by atoms with Gasteiger partial charge in [-0.2, -0.15) is 0 Å². The number of hydrogen-bond acceptors (Lipinski definition) is 3. The maximum absolute atomic E-state index is 11.6. The van der Waals surface area contributed by atoms with E-state index in [1.807, 2.05) is 20.8 Å². The number of amides is 2. The van der Waals surface area contributed by atoms with Crippen molar-refractivity contribution in [1.82, 2.24) is 0 Å². The van der Waals surface area contributed by atoms with Crippen LogP contribution >= 0.6 is 0 Å². The average Bonchev–Trinajstić information content (AvgIpc) is 2.08. The largest absolute Gasteiger partial charge is 0.453 e. The molecule has 5 nitrogen and oxygen atoms in total. The smallest absolute Gasteiger partial charge is 0.441 e. The number of azo groups is 1. The fourth-order valence-electron chi connectivity index (χ4n) is 0.829. The molecule has 0 bridgehead atoms. The third-order valence-electron chi connectivity index (χ3n) is 2.29. The van der Waals surface area contributed by atoms with E-state index in [1.54, 1.807) is 27.7 Å². The molecule has 0 N–H and O–H groups in total. The Balaban J connectivity index is 4.45. The van der Waals surface area contributed by atoms with Gasteiger partial charge in [0.25, 0.3) is 5.91 Å². The summed E-state index contributed by atoms with van der Waals surface area (Å²) >= 11 is 0. The van der Waals surface area contributed by atoms with Crippen LogP contribution < -0.4 is 0 Å². The Morgan fingerprint density at radius 1 is 1.00 bits per heavy atom. The van der Waals surface area contributed by atoms with Crippen LogP contribution in [0.1, 0.15) is 48.5 Å². The number of ether oxygens (including phenoxy) is 1. The van der Waals surface area contributed by atoms with Crippen LogP contribution in [-0.4, -0.2) is 17.6 Å². The van der Waals surface area contributed by atoms with Crippen molar-refractivity contribution in [3.63, 3.8) is 0 Å². The van der Waals surface area contributed by atoms with Crippen LogP contribution in [0.5, 0.6) is 0 Å². The fraction of sp³-hybridized carbons (Fsp3) is 0.833. The molecule has 0 aliphatic carbocycles. The molecule has 1 unspecified atom stereocenters. The number of carbonyl (C=O) groups excluding carboxylic acids is 2. The van der Waals surface area contributed by atoms with E-state index in [-0.39, 0.29) is 11.3 Å². The highest BCUT2D eigenvalue weighted by Crippen LogP contribution is 2.26. The SMILES string of the molecule is CC(C(=O)N=NC(=O)OC(C)(C)C)C(C)(C)C. The van der Waals surface area contributed by atoms with E-state index in [1.165, 1.54) is 0 Å². The normalized spacial score (nSPS) is 14.8. The van der Waals surface area contributed by atoms with E-state index in [0.29, 0.717) is 0 Å². The average molecular weight is 242 g/mol. The van der Waals surface area contributed by atoms with Gasteiger partial charge in [0.05, 0.1) is 0 Å². The Morgan fingerprint density at radius 3 is 1.82 bits per heavy atom. The van der Waals surface area contributed by atoms with E-state index in [9.17, 15) is 9.59 Å². The first kappa shape index (κ1) is 15.7. The van der Waals surface area contributed by atoms with Gasteiger partial charge in [-0.3, -0.25) is 4.79 Å². The molecule has 0 spiro atoms. The fourth-order valence-corrected chi connectivity index (χ4v) is 0.829. The third kappa shape index (κ3) is 6.81. The molecular formula is C12H22N2O3. The second-order valence-electron chi connectivity index (χ2n) is 6.11.